The summed E-state index contributed by atoms with van der Waals surface area (Å²) in [5.74, 6) is 1.25. The van der Waals surface area contributed by atoms with Gasteiger partial charge in [0.2, 0.25) is 0 Å². The molecular formula is C29H36ClNO4. The summed E-state index contributed by atoms with van der Waals surface area (Å²) in [4.78, 5) is 15.3. The van der Waals surface area contributed by atoms with E-state index < -0.39 is 5.60 Å². The standard InChI is InChI=1S/C29H36ClNO4/c1-28(2,3)35-27(33)20-8-11-26-25(14-20)31(15-21-6-7-22(21)16-32)17-29(18-34-26)12-4-5-19-13-23(30)9-10-24(19)29/h8-11,13-14,21-22,32H,4-7,12,15-18H2,1-3H3/t21-,22-,29-/m0/s1. The quantitative estimate of drug-likeness (QED) is 0.542. The van der Waals surface area contributed by atoms with E-state index in [0.29, 0.717) is 24.0 Å². The predicted molar refractivity (Wildman–Crippen MR) is 139 cm³/mol. The molecule has 0 saturated heterocycles. The first-order valence-electron chi connectivity index (χ1n) is 12.8. The van der Waals surface area contributed by atoms with Gasteiger partial charge in [0.05, 0.1) is 17.9 Å². The van der Waals surface area contributed by atoms with Crippen molar-refractivity contribution in [3.8, 4) is 5.75 Å². The molecule has 2 aliphatic carbocycles. The number of benzene rings is 2. The molecule has 5 nitrogen and oxygen atoms in total. The van der Waals surface area contributed by atoms with Crippen molar-refractivity contribution in [3.63, 3.8) is 0 Å². The lowest BCUT2D eigenvalue weighted by atomic mass is 9.69. The maximum Gasteiger partial charge on any atom is 0.338 e. The van der Waals surface area contributed by atoms with Crippen molar-refractivity contribution < 1.29 is 19.4 Å². The minimum atomic E-state index is -0.558. The molecule has 1 N–H and O–H groups in total. The molecule has 2 aromatic rings. The molecule has 3 aliphatic rings. The highest BCUT2D eigenvalue weighted by Crippen LogP contribution is 2.46. The van der Waals surface area contributed by atoms with Crippen molar-refractivity contribution in [1.82, 2.24) is 0 Å². The number of halogens is 1. The van der Waals surface area contributed by atoms with Gasteiger partial charge >= 0.3 is 5.97 Å². The van der Waals surface area contributed by atoms with E-state index >= 15 is 0 Å². The maximum atomic E-state index is 12.9. The van der Waals surface area contributed by atoms with E-state index in [1.807, 2.05) is 39.0 Å². The molecule has 35 heavy (non-hydrogen) atoms. The van der Waals surface area contributed by atoms with Crippen LogP contribution in [-0.4, -0.2) is 43.0 Å². The normalized spacial score (nSPS) is 25.7. The third-order valence-electron chi connectivity index (χ3n) is 7.94. The summed E-state index contributed by atoms with van der Waals surface area (Å²) in [6, 6.07) is 11.9. The van der Waals surface area contributed by atoms with Gasteiger partial charge in [0, 0.05) is 30.1 Å². The smallest absolute Gasteiger partial charge is 0.338 e. The fourth-order valence-electron chi connectivity index (χ4n) is 5.98. The Morgan fingerprint density at radius 3 is 2.71 bits per heavy atom. The van der Waals surface area contributed by atoms with Gasteiger partial charge in [-0.2, -0.15) is 0 Å². The number of aryl methyl sites for hydroxylation is 1. The fraction of sp³-hybridized carbons (Fsp3) is 0.552. The average molecular weight is 498 g/mol. The second-order valence-electron chi connectivity index (χ2n) is 11.6. The van der Waals surface area contributed by atoms with Gasteiger partial charge in [0.1, 0.15) is 11.4 Å². The molecule has 5 rings (SSSR count). The van der Waals surface area contributed by atoms with Crippen molar-refractivity contribution in [1.29, 1.82) is 0 Å². The van der Waals surface area contributed by atoms with Crippen LogP contribution in [0.1, 0.15) is 67.9 Å². The van der Waals surface area contributed by atoms with Crippen LogP contribution in [0.4, 0.5) is 5.69 Å². The molecule has 0 aromatic heterocycles. The first-order valence-corrected chi connectivity index (χ1v) is 13.2. The molecule has 2 aromatic carbocycles. The Kier molecular flexibility index (Phi) is 6.52. The highest BCUT2D eigenvalue weighted by atomic mass is 35.5. The topological polar surface area (TPSA) is 59.0 Å². The van der Waals surface area contributed by atoms with E-state index in [-0.39, 0.29) is 18.0 Å². The number of aliphatic hydroxyl groups is 1. The third kappa shape index (κ3) is 4.90. The van der Waals surface area contributed by atoms with Crippen LogP contribution in [-0.2, 0) is 16.6 Å². The lowest BCUT2D eigenvalue weighted by molar-refractivity contribution is 0.00695. The van der Waals surface area contributed by atoms with Gasteiger partial charge in [0.25, 0.3) is 0 Å². The Morgan fingerprint density at radius 2 is 2.00 bits per heavy atom. The molecule has 1 saturated carbocycles. The van der Waals surface area contributed by atoms with Gasteiger partial charge in [-0.15, -0.1) is 0 Å². The second kappa shape index (κ2) is 9.33. The number of hydrogen-bond acceptors (Lipinski definition) is 5. The molecule has 6 heteroatoms. The van der Waals surface area contributed by atoms with Gasteiger partial charge < -0.3 is 19.5 Å². The van der Waals surface area contributed by atoms with Gasteiger partial charge in [-0.05, 0) is 106 Å². The second-order valence-corrected chi connectivity index (χ2v) is 12.0. The van der Waals surface area contributed by atoms with Crippen LogP contribution in [0.2, 0.25) is 5.02 Å². The van der Waals surface area contributed by atoms with Crippen LogP contribution < -0.4 is 9.64 Å². The number of ether oxygens (including phenoxy) is 2. The zero-order valence-corrected chi connectivity index (χ0v) is 21.7. The van der Waals surface area contributed by atoms with Gasteiger partial charge in [-0.1, -0.05) is 17.7 Å². The highest BCUT2D eigenvalue weighted by Gasteiger charge is 2.43. The number of carbonyl (C=O) groups excluding carboxylic acids is 1. The maximum absolute atomic E-state index is 12.9. The summed E-state index contributed by atoms with van der Waals surface area (Å²) in [5.41, 5.74) is 3.40. The lowest BCUT2D eigenvalue weighted by Gasteiger charge is -2.44. The largest absolute Gasteiger partial charge is 0.490 e. The van der Waals surface area contributed by atoms with Crippen LogP contribution >= 0.6 is 11.6 Å². The molecule has 1 aliphatic heterocycles. The summed E-state index contributed by atoms with van der Waals surface area (Å²) in [7, 11) is 0. The minimum Gasteiger partial charge on any atom is -0.490 e. The Bertz CT molecular complexity index is 1110. The van der Waals surface area contributed by atoms with E-state index in [4.69, 9.17) is 21.1 Å². The molecule has 1 spiro atoms. The minimum absolute atomic E-state index is 0.151. The van der Waals surface area contributed by atoms with Crippen molar-refractivity contribution in [2.75, 3.05) is 31.2 Å². The van der Waals surface area contributed by atoms with Gasteiger partial charge in [-0.3, -0.25) is 0 Å². The first-order chi connectivity index (χ1) is 16.7. The third-order valence-corrected chi connectivity index (χ3v) is 8.17. The molecule has 0 radical (unpaired) electrons. The van der Waals surface area contributed by atoms with E-state index in [9.17, 15) is 9.90 Å². The highest BCUT2D eigenvalue weighted by molar-refractivity contribution is 6.30. The summed E-state index contributed by atoms with van der Waals surface area (Å²) in [5, 5.41) is 10.6. The van der Waals surface area contributed by atoms with Crippen LogP contribution in [0.25, 0.3) is 0 Å². The zero-order valence-electron chi connectivity index (χ0n) is 21.0. The molecule has 0 bridgehead atoms. The summed E-state index contributed by atoms with van der Waals surface area (Å²) in [6.07, 6.45) is 5.35. The molecule has 1 fully saturated rings. The number of hydrogen-bond donors (Lipinski definition) is 1. The summed E-state index contributed by atoms with van der Waals surface area (Å²) >= 11 is 6.35. The molecule has 1 heterocycles. The SMILES string of the molecule is CC(C)(C)OC(=O)c1ccc2c(c1)N(C[C@@H]1CC[C@H]1CO)C[C@@]1(CCCc3cc(Cl)ccc31)CO2. The molecule has 0 unspecified atom stereocenters. The summed E-state index contributed by atoms with van der Waals surface area (Å²) in [6.45, 7) is 8.10. The summed E-state index contributed by atoms with van der Waals surface area (Å²) < 4.78 is 12.2. The molecule has 188 valence electrons. The van der Waals surface area contributed by atoms with Gasteiger partial charge in [-0.25, -0.2) is 4.79 Å². The van der Waals surface area contributed by atoms with E-state index in [1.165, 1.54) is 11.1 Å². The zero-order chi connectivity index (χ0) is 24.8. The van der Waals surface area contributed by atoms with E-state index in [1.54, 1.807) is 6.07 Å². The molecule has 0 amide bonds. The van der Waals surface area contributed by atoms with Crippen molar-refractivity contribution in [2.45, 2.75) is 63.9 Å². The van der Waals surface area contributed by atoms with Crippen LogP contribution in [0.3, 0.4) is 0 Å². The number of esters is 1. The van der Waals surface area contributed by atoms with Crippen LogP contribution in [0.5, 0.6) is 5.75 Å². The lowest BCUT2D eigenvalue weighted by Crippen LogP contribution is -2.48. The number of aliphatic hydroxyl groups excluding tert-OH is 1. The van der Waals surface area contributed by atoms with Crippen molar-refractivity contribution in [2.24, 2.45) is 11.8 Å². The monoisotopic (exact) mass is 497 g/mol. The van der Waals surface area contributed by atoms with Crippen LogP contribution in [0.15, 0.2) is 36.4 Å². The Morgan fingerprint density at radius 1 is 1.20 bits per heavy atom. The predicted octanol–water partition coefficient (Wildman–Crippen LogP) is 5.79. The van der Waals surface area contributed by atoms with Gasteiger partial charge in [0.15, 0.2) is 0 Å². The van der Waals surface area contributed by atoms with Crippen molar-refractivity contribution >= 4 is 23.3 Å². The Hall–Kier alpha value is -2.24. The number of fused-ring (bicyclic) bond motifs is 3. The number of nitrogens with zero attached hydrogens (tertiary/aromatic N) is 1. The molecule has 3 atom stereocenters. The average Bonchev–Trinajstić information content (AvgIpc) is 2.93. The number of rotatable bonds is 4. The molecular weight excluding hydrogens is 462 g/mol. The van der Waals surface area contributed by atoms with E-state index in [2.05, 4.69) is 17.0 Å². The number of carbonyl (C=O) groups is 1. The first kappa shape index (κ1) is 24.5. The number of anilines is 1. The van der Waals surface area contributed by atoms with Crippen molar-refractivity contribution in [3.05, 3.63) is 58.1 Å². The van der Waals surface area contributed by atoms with E-state index in [0.717, 1.165) is 61.7 Å². The Labute approximate surface area is 213 Å². The van der Waals surface area contributed by atoms with Crippen LogP contribution in [0, 0.1) is 11.8 Å². The Balaban J connectivity index is 1.53. The fourth-order valence-corrected chi connectivity index (χ4v) is 6.17.